The molecule has 9 nitrogen and oxygen atoms in total. The summed E-state index contributed by atoms with van der Waals surface area (Å²) >= 11 is 0. The molecule has 7 aromatic rings. The minimum Gasteiger partial charge on any atom is -0.744 e. The molecule has 7 rings (SSSR count). The Morgan fingerprint density at radius 2 is 0.764 bits per heavy atom. The third-order valence-electron chi connectivity index (χ3n) is 8.26. The zero-order valence-electron chi connectivity index (χ0n) is 30.1. The quantitative estimate of drug-likeness (QED) is 0.0788. The Bertz CT molecular complexity index is 2090. The van der Waals surface area contributed by atoms with Gasteiger partial charge in [-0.05, 0) is 150 Å². The maximum Gasteiger partial charge on any atom is 0.166 e. The van der Waals surface area contributed by atoms with Crippen LogP contribution in [0.1, 0.15) is 29.2 Å². The Morgan fingerprint density at radius 1 is 0.455 bits per heavy atom. The third kappa shape index (κ3) is 11.7. The molecule has 55 heavy (non-hydrogen) atoms. The first-order chi connectivity index (χ1) is 26.8. The number of aryl methyl sites for hydroxylation is 1. The van der Waals surface area contributed by atoms with E-state index in [1.54, 1.807) is 49.3 Å². The molecular formula is C44H39N3O6S2. The number of hydrogen-bond donors (Lipinski definition) is 0. The number of ether oxygens (including phenoxy) is 3. The summed E-state index contributed by atoms with van der Waals surface area (Å²) in [4.78, 5) is 15.6. The van der Waals surface area contributed by atoms with Crippen LogP contribution in [0.3, 0.4) is 0 Å². The number of hydrogen-bond acceptors (Lipinski definition) is 9. The molecule has 0 radical (unpaired) electrons. The van der Waals surface area contributed by atoms with E-state index in [9.17, 15) is 13.0 Å². The van der Waals surface area contributed by atoms with Gasteiger partial charge in [0, 0.05) is 37.2 Å². The van der Waals surface area contributed by atoms with Gasteiger partial charge in [-0.1, -0.05) is 19.1 Å². The molecule has 278 valence electrons. The van der Waals surface area contributed by atoms with E-state index in [1.165, 1.54) is 26.8 Å². The van der Waals surface area contributed by atoms with Crippen LogP contribution in [0.5, 0.6) is 17.2 Å². The molecular weight excluding hydrogens is 731 g/mol. The summed E-state index contributed by atoms with van der Waals surface area (Å²) in [7, 11) is -4.63. The van der Waals surface area contributed by atoms with Crippen molar-refractivity contribution in [1.82, 2.24) is 15.0 Å². The summed E-state index contributed by atoms with van der Waals surface area (Å²) in [6, 6.07) is 42.8. The fourth-order valence-corrected chi connectivity index (χ4v) is 7.76. The molecule has 0 saturated heterocycles. The molecule has 0 atom stereocenters. The van der Waals surface area contributed by atoms with Gasteiger partial charge in [0.15, 0.2) is 14.7 Å². The van der Waals surface area contributed by atoms with Gasteiger partial charge >= 0.3 is 0 Å². The largest absolute Gasteiger partial charge is 0.744 e. The summed E-state index contributed by atoms with van der Waals surface area (Å²) < 4.78 is 49.5. The van der Waals surface area contributed by atoms with Gasteiger partial charge in [0.1, 0.15) is 47.2 Å². The highest BCUT2D eigenvalue weighted by Gasteiger charge is 2.29. The van der Waals surface area contributed by atoms with Crippen LogP contribution in [0.15, 0.2) is 190 Å². The monoisotopic (exact) mass is 769 g/mol. The van der Waals surface area contributed by atoms with Crippen LogP contribution in [0.4, 0.5) is 0 Å². The first-order valence-electron chi connectivity index (χ1n) is 17.5. The molecule has 0 saturated carbocycles. The Kier molecular flexibility index (Phi) is 13.6. The standard InChI is InChI=1S/C36H30N3O3S.C8H10O3S/c1-7-34(8-2-31(1)40-25-28-13-19-37-20-14-28)43(35-9-3-32(4-10-35)41-26-29-15-21-38-22-16-29)36-11-5-33(6-12-36)42-27-30-17-23-39-24-18-30;1-2-7-3-5-8(6-4-7)12(9,10)11/h1-24H,25-27H2;3-6H,2H2,1H3,(H,9,10,11)/q+1;/p-1. The third-order valence-corrected chi connectivity index (χ3v) is 11.3. The Balaban J connectivity index is 0.000000367. The molecule has 0 N–H and O–H groups in total. The van der Waals surface area contributed by atoms with Gasteiger partial charge < -0.3 is 18.8 Å². The van der Waals surface area contributed by atoms with Crippen molar-refractivity contribution < 1.29 is 27.2 Å². The normalized spacial score (nSPS) is 11.0. The lowest BCUT2D eigenvalue weighted by Crippen LogP contribution is -2.05. The Hall–Kier alpha value is -6.01. The molecule has 11 heteroatoms. The van der Waals surface area contributed by atoms with Gasteiger partial charge in [-0.2, -0.15) is 0 Å². The Morgan fingerprint density at radius 3 is 1.04 bits per heavy atom. The predicted molar refractivity (Wildman–Crippen MR) is 211 cm³/mol. The number of rotatable bonds is 14. The molecule has 0 fully saturated rings. The highest BCUT2D eigenvalue weighted by molar-refractivity contribution is 7.97. The summed E-state index contributed by atoms with van der Waals surface area (Å²) in [5.74, 6) is 2.47. The minimum atomic E-state index is -4.28. The molecule has 0 aliphatic carbocycles. The molecule has 3 heterocycles. The second-order valence-corrected chi connectivity index (χ2v) is 15.5. The summed E-state index contributed by atoms with van der Waals surface area (Å²) in [5, 5.41) is 0. The van der Waals surface area contributed by atoms with Crippen LogP contribution in [-0.4, -0.2) is 27.9 Å². The van der Waals surface area contributed by atoms with Crippen molar-refractivity contribution in [1.29, 1.82) is 0 Å². The molecule has 0 aliphatic rings. The summed E-state index contributed by atoms with van der Waals surface area (Å²) in [6.07, 6.45) is 11.5. The van der Waals surface area contributed by atoms with Crippen molar-refractivity contribution in [2.75, 3.05) is 0 Å². The first kappa shape index (κ1) is 38.7. The molecule has 0 unspecified atom stereocenters. The van der Waals surface area contributed by atoms with Crippen LogP contribution in [0.2, 0.25) is 0 Å². The van der Waals surface area contributed by atoms with E-state index in [-0.39, 0.29) is 15.8 Å². The van der Waals surface area contributed by atoms with E-state index in [2.05, 4.69) is 51.4 Å². The van der Waals surface area contributed by atoms with Crippen LogP contribution in [0, 0.1) is 0 Å². The van der Waals surface area contributed by atoms with Gasteiger partial charge in [0.2, 0.25) is 0 Å². The average molecular weight is 770 g/mol. The van der Waals surface area contributed by atoms with E-state index in [0.717, 1.165) is 45.9 Å². The van der Waals surface area contributed by atoms with E-state index in [4.69, 9.17) is 14.2 Å². The van der Waals surface area contributed by atoms with E-state index in [1.807, 2.05) is 79.7 Å². The lowest BCUT2D eigenvalue weighted by molar-refractivity contribution is 0.306. The zero-order chi connectivity index (χ0) is 38.3. The van der Waals surface area contributed by atoms with Crippen LogP contribution in [0.25, 0.3) is 0 Å². The predicted octanol–water partition coefficient (Wildman–Crippen LogP) is 8.86. The maximum atomic E-state index is 10.5. The van der Waals surface area contributed by atoms with E-state index in [0.29, 0.717) is 19.8 Å². The second-order valence-electron chi connectivity index (χ2n) is 12.1. The fraction of sp³-hybridized carbons (Fsp3) is 0.114. The lowest BCUT2D eigenvalue weighted by Gasteiger charge is -2.12. The summed E-state index contributed by atoms with van der Waals surface area (Å²) in [5.41, 5.74) is 4.26. The average Bonchev–Trinajstić information content (AvgIpc) is 3.24. The molecule has 0 amide bonds. The lowest BCUT2D eigenvalue weighted by atomic mass is 10.2. The molecule has 3 aromatic heterocycles. The number of benzene rings is 4. The van der Waals surface area contributed by atoms with E-state index >= 15 is 0 Å². The topological polar surface area (TPSA) is 124 Å². The fourth-order valence-electron chi connectivity index (χ4n) is 5.25. The second kappa shape index (κ2) is 19.4. The van der Waals surface area contributed by atoms with Gasteiger partial charge in [-0.15, -0.1) is 0 Å². The number of pyridine rings is 3. The highest BCUT2D eigenvalue weighted by Crippen LogP contribution is 2.34. The zero-order valence-corrected chi connectivity index (χ0v) is 31.7. The molecule has 0 aliphatic heterocycles. The van der Waals surface area contributed by atoms with Crippen molar-refractivity contribution >= 4 is 21.0 Å². The minimum absolute atomic E-state index is 0.167. The highest BCUT2D eigenvalue weighted by atomic mass is 32.2. The van der Waals surface area contributed by atoms with Crippen molar-refractivity contribution in [3.8, 4) is 17.2 Å². The van der Waals surface area contributed by atoms with Crippen molar-refractivity contribution in [2.45, 2.75) is 52.7 Å². The summed E-state index contributed by atoms with van der Waals surface area (Å²) in [6.45, 7) is 3.45. The Labute approximate surface area is 324 Å². The first-order valence-corrected chi connectivity index (χ1v) is 20.1. The molecule has 4 aromatic carbocycles. The number of nitrogens with zero attached hydrogens (tertiary/aromatic N) is 3. The van der Waals surface area contributed by atoms with Gasteiger partial charge in [-0.3, -0.25) is 15.0 Å². The van der Waals surface area contributed by atoms with Crippen molar-refractivity contribution in [3.05, 3.63) is 193 Å². The number of aromatic nitrogens is 3. The van der Waals surface area contributed by atoms with Crippen LogP contribution >= 0.6 is 0 Å². The van der Waals surface area contributed by atoms with Crippen molar-refractivity contribution in [3.63, 3.8) is 0 Å². The molecule has 0 spiro atoms. The van der Waals surface area contributed by atoms with Crippen LogP contribution < -0.4 is 14.2 Å². The van der Waals surface area contributed by atoms with Gasteiger partial charge in [-0.25, -0.2) is 8.42 Å². The van der Waals surface area contributed by atoms with Gasteiger partial charge in [0.05, 0.1) is 15.8 Å². The van der Waals surface area contributed by atoms with E-state index < -0.39 is 10.1 Å². The van der Waals surface area contributed by atoms with Crippen LogP contribution in [-0.2, 0) is 47.3 Å². The SMILES string of the molecule is CCc1ccc(S(=O)(=O)[O-])cc1.c1cc(COc2ccc([S+](c3ccc(OCc4ccncc4)cc3)c3ccc(OCc4ccncc4)cc3)cc2)ccn1. The molecule has 0 bridgehead atoms. The van der Waals surface area contributed by atoms with Crippen molar-refractivity contribution in [2.24, 2.45) is 0 Å². The van der Waals surface area contributed by atoms with Gasteiger partial charge in [0.25, 0.3) is 0 Å². The smallest absolute Gasteiger partial charge is 0.166 e. The maximum absolute atomic E-state index is 10.5.